The van der Waals surface area contributed by atoms with Crippen molar-refractivity contribution in [3.63, 3.8) is 0 Å². The van der Waals surface area contributed by atoms with Crippen molar-refractivity contribution in [2.24, 2.45) is 0 Å². The third kappa shape index (κ3) is 4.69. The average molecular weight is 319 g/mol. The van der Waals surface area contributed by atoms with E-state index >= 15 is 0 Å². The third-order valence-electron chi connectivity index (χ3n) is 3.84. The van der Waals surface area contributed by atoms with Gasteiger partial charge in [-0.25, -0.2) is 0 Å². The smallest absolute Gasteiger partial charge is 0.237 e. The van der Waals surface area contributed by atoms with E-state index in [1.165, 1.54) is 0 Å². The van der Waals surface area contributed by atoms with Crippen molar-refractivity contribution < 1.29 is 14.3 Å². The number of hydrogen-bond donors (Lipinski definition) is 2. The third-order valence-corrected chi connectivity index (χ3v) is 3.84. The van der Waals surface area contributed by atoms with Gasteiger partial charge in [0, 0.05) is 31.2 Å². The summed E-state index contributed by atoms with van der Waals surface area (Å²) in [6.45, 7) is 5.70. The molecular formula is C17H25N3O3. The van der Waals surface area contributed by atoms with E-state index in [2.05, 4.69) is 10.6 Å². The van der Waals surface area contributed by atoms with Crippen molar-refractivity contribution in [1.82, 2.24) is 15.5 Å². The standard InChI is InChI=1S/C17H25N3O3/c1-12(2)19-16(21)10-14-17(22)18-8-9-20(14)11-13-6-4-5-7-15(13)23-3/h4-7,12,14H,8-11H2,1-3H3,(H,18,22)(H,19,21)/t14-/m0/s1. The van der Waals surface area contributed by atoms with Crippen LogP contribution in [0.4, 0.5) is 0 Å². The molecule has 1 aliphatic heterocycles. The second kappa shape index (κ2) is 7.97. The van der Waals surface area contributed by atoms with Gasteiger partial charge in [0.25, 0.3) is 0 Å². The van der Waals surface area contributed by atoms with Gasteiger partial charge in [-0.05, 0) is 19.9 Å². The lowest BCUT2D eigenvalue weighted by Gasteiger charge is -2.35. The Bertz CT molecular complexity index is 560. The second-order valence-electron chi connectivity index (χ2n) is 6.02. The minimum absolute atomic E-state index is 0.0665. The van der Waals surface area contributed by atoms with Gasteiger partial charge in [0.2, 0.25) is 11.8 Å². The molecule has 6 heteroatoms. The molecule has 0 aliphatic carbocycles. The van der Waals surface area contributed by atoms with Crippen LogP contribution in [-0.2, 0) is 16.1 Å². The molecule has 0 spiro atoms. The van der Waals surface area contributed by atoms with Gasteiger partial charge < -0.3 is 15.4 Å². The largest absolute Gasteiger partial charge is 0.496 e. The van der Waals surface area contributed by atoms with Crippen LogP contribution in [0.2, 0.25) is 0 Å². The number of methoxy groups -OCH3 is 1. The van der Waals surface area contributed by atoms with Gasteiger partial charge in [-0.3, -0.25) is 14.5 Å². The number of hydrogen-bond acceptors (Lipinski definition) is 4. The van der Waals surface area contributed by atoms with E-state index in [1.54, 1.807) is 7.11 Å². The number of carbonyl (C=O) groups excluding carboxylic acids is 2. The average Bonchev–Trinajstić information content (AvgIpc) is 2.50. The summed E-state index contributed by atoms with van der Waals surface area (Å²) in [5, 5.41) is 5.69. The Hall–Kier alpha value is -2.08. The molecule has 23 heavy (non-hydrogen) atoms. The highest BCUT2D eigenvalue weighted by Crippen LogP contribution is 2.21. The SMILES string of the molecule is COc1ccccc1CN1CCNC(=O)[C@@H]1CC(=O)NC(C)C. The molecule has 0 bridgehead atoms. The lowest BCUT2D eigenvalue weighted by Crippen LogP contribution is -2.56. The summed E-state index contributed by atoms with van der Waals surface area (Å²) in [4.78, 5) is 26.3. The van der Waals surface area contributed by atoms with Crippen LogP contribution >= 0.6 is 0 Å². The Kier molecular flexibility index (Phi) is 5.98. The van der Waals surface area contributed by atoms with Crippen LogP contribution in [0.25, 0.3) is 0 Å². The van der Waals surface area contributed by atoms with E-state index in [1.807, 2.05) is 43.0 Å². The molecule has 1 saturated heterocycles. The Morgan fingerprint density at radius 2 is 2.17 bits per heavy atom. The van der Waals surface area contributed by atoms with E-state index in [0.29, 0.717) is 19.6 Å². The molecule has 1 atom stereocenters. The summed E-state index contributed by atoms with van der Waals surface area (Å²) < 4.78 is 5.38. The molecule has 2 rings (SSSR count). The maximum Gasteiger partial charge on any atom is 0.237 e. The van der Waals surface area contributed by atoms with Crippen molar-refractivity contribution in [2.75, 3.05) is 20.2 Å². The Labute approximate surface area is 137 Å². The highest BCUT2D eigenvalue weighted by Gasteiger charge is 2.32. The zero-order chi connectivity index (χ0) is 16.8. The van der Waals surface area contributed by atoms with Crippen LogP contribution in [0.5, 0.6) is 5.75 Å². The highest BCUT2D eigenvalue weighted by molar-refractivity contribution is 5.88. The van der Waals surface area contributed by atoms with Crippen molar-refractivity contribution >= 4 is 11.8 Å². The van der Waals surface area contributed by atoms with E-state index in [9.17, 15) is 9.59 Å². The van der Waals surface area contributed by atoms with Crippen LogP contribution in [-0.4, -0.2) is 49.0 Å². The van der Waals surface area contributed by atoms with Crippen molar-refractivity contribution in [3.8, 4) is 5.75 Å². The van der Waals surface area contributed by atoms with Gasteiger partial charge in [-0.1, -0.05) is 18.2 Å². The molecule has 1 aliphatic rings. The van der Waals surface area contributed by atoms with E-state index in [-0.39, 0.29) is 24.3 Å². The number of nitrogens with one attached hydrogen (secondary N) is 2. The summed E-state index contributed by atoms with van der Waals surface area (Å²) >= 11 is 0. The van der Waals surface area contributed by atoms with E-state index in [0.717, 1.165) is 11.3 Å². The van der Waals surface area contributed by atoms with Crippen LogP contribution in [0.3, 0.4) is 0 Å². The van der Waals surface area contributed by atoms with Gasteiger partial charge in [-0.15, -0.1) is 0 Å². The molecule has 1 heterocycles. The van der Waals surface area contributed by atoms with Crippen molar-refractivity contribution in [3.05, 3.63) is 29.8 Å². The van der Waals surface area contributed by atoms with Crippen molar-refractivity contribution in [2.45, 2.75) is 38.9 Å². The van der Waals surface area contributed by atoms with Gasteiger partial charge in [0.15, 0.2) is 0 Å². The molecule has 0 unspecified atom stereocenters. The molecule has 0 radical (unpaired) electrons. The predicted molar refractivity (Wildman–Crippen MR) is 88.1 cm³/mol. The fraction of sp³-hybridized carbons (Fsp3) is 0.529. The highest BCUT2D eigenvalue weighted by atomic mass is 16.5. The minimum Gasteiger partial charge on any atom is -0.496 e. The minimum atomic E-state index is -0.451. The number of nitrogens with zero attached hydrogens (tertiary/aromatic N) is 1. The fourth-order valence-corrected chi connectivity index (χ4v) is 2.78. The molecule has 0 aromatic heterocycles. The first kappa shape index (κ1) is 17.3. The van der Waals surface area contributed by atoms with Crippen molar-refractivity contribution in [1.29, 1.82) is 0 Å². The summed E-state index contributed by atoms with van der Waals surface area (Å²) in [6.07, 6.45) is 0.166. The summed E-state index contributed by atoms with van der Waals surface area (Å²) in [5.74, 6) is 0.598. The first-order valence-corrected chi connectivity index (χ1v) is 7.94. The normalized spacial score (nSPS) is 18.6. The zero-order valence-electron chi connectivity index (χ0n) is 14.0. The number of rotatable bonds is 6. The number of ether oxygens (including phenoxy) is 1. The monoisotopic (exact) mass is 319 g/mol. The van der Waals surface area contributed by atoms with Gasteiger partial charge in [0.1, 0.15) is 5.75 Å². The number of benzene rings is 1. The molecule has 126 valence electrons. The molecule has 6 nitrogen and oxygen atoms in total. The van der Waals surface area contributed by atoms with E-state index in [4.69, 9.17) is 4.74 Å². The lowest BCUT2D eigenvalue weighted by molar-refractivity contribution is -0.134. The van der Waals surface area contributed by atoms with Gasteiger partial charge in [0.05, 0.1) is 19.6 Å². The number of para-hydroxylation sites is 1. The van der Waals surface area contributed by atoms with Gasteiger partial charge >= 0.3 is 0 Å². The van der Waals surface area contributed by atoms with E-state index < -0.39 is 6.04 Å². The second-order valence-corrected chi connectivity index (χ2v) is 6.02. The zero-order valence-corrected chi connectivity index (χ0v) is 14.0. The van der Waals surface area contributed by atoms with Crippen LogP contribution in [0.15, 0.2) is 24.3 Å². The van der Waals surface area contributed by atoms with Gasteiger partial charge in [-0.2, -0.15) is 0 Å². The Morgan fingerprint density at radius 1 is 1.43 bits per heavy atom. The van der Waals surface area contributed by atoms with Crippen LogP contribution in [0.1, 0.15) is 25.8 Å². The summed E-state index contributed by atoms with van der Waals surface area (Å²) in [7, 11) is 1.63. The topological polar surface area (TPSA) is 70.7 Å². The van der Waals surface area contributed by atoms with Crippen LogP contribution in [0, 0.1) is 0 Å². The predicted octanol–water partition coefficient (Wildman–Crippen LogP) is 0.910. The summed E-state index contributed by atoms with van der Waals surface area (Å²) in [5.41, 5.74) is 1.01. The first-order valence-electron chi connectivity index (χ1n) is 7.94. The maximum absolute atomic E-state index is 12.2. The summed E-state index contributed by atoms with van der Waals surface area (Å²) in [6, 6.07) is 7.36. The maximum atomic E-state index is 12.2. The Morgan fingerprint density at radius 3 is 2.87 bits per heavy atom. The number of piperazine rings is 1. The molecule has 0 saturated carbocycles. The molecule has 1 aromatic rings. The number of amides is 2. The number of carbonyl (C=O) groups is 2. The fourth-order valence-electron chi connectivity index (χ4n) is 2.78. The van der Waals surface area contributed by atoms with Crippen LogP contribution < -0.4 is 15.4 Å². The molecule has 1 aromatic carbocycles. The lowest BCUT2D eigenvalue weighted by atomic mass is 10.1. The molecule has 2 amide bonds. The molecule has 2 N–H and O–H groups in total. The molecular weight excluding hydrogens is 294 g/mol. The Balaban J connectivity index is 2.10. The first-order chi connectivity index (χ1) is 11.0. The molecule has 1 fully saturated rings. The quantitative estimate of drug-likeness (QED) is 0.818.